The second-order valence-corrected chi connectivity index (χ2v) is 6.19. The fourth-order valence-corrected chi connectivity index (χ4v) is 3.25. The van der Waals surface area contributed by atoms with Crippen LogP contribution in [0.2, 0.25) is 0 Å². The molecule has 2 aromatic carbocycles. The summed E-state index contributed by atoms with van der Waals surface area (Å²) in [7, 11) is 0. The Kier molecular flexibility index (Phi) is 5.46. The average Bonchev–Trinajstić information content (AvgIpc) is 3.17. The quantitative estimate of drug-likeness (QED) is 0.845. The van der Waals surface area contributed by atoms with Gasteiger partial charge < -0.3 is 15.8 Å². The van der Waals surface area contributed by atoms with Crippen molar-refractivity contribution in [2.24, 2.45) is 5.73 Å². The molecule has 0 aromatic heterocycles. The number of hydrogen-bond acceptors (Lipinski definition) is 3. The molecular formula is C20H22N2O3. The number of rotatable bonds is 6. The Bertz CT molecular complexity index is 673. The van der Waals surface area contributed by atoms with Crippen LogP contribution in [0.15, 0.2) is 60.7 Å². The largest absolute Gasteiger partial charge is 0.368 e. The summed E-state index contributed by atoms with van der Waals surface area (Å²) in [6, 6.07) is 18.4. The molecule has 0 saturated carbocycles. The van der Waals surface area contributed by atoms with E-state index in [4.69, 9.17) is 10.5 Å². The highest BCUT2D eigenvalue weighted by Crippen LogP contribution is 2.28. The number of carbonyl (C=O) groups excluding carboxylic acids is 2. The normalized spacial score (nSPS) is 18.0. The molecule has 1 aliphatic rings. The summed E-state index contributed by atoms with van der Waals surface area (Å²) < 4.78 is 5.42. The summed E-state index contributed by atoms with van der Waals surface area (Å²) in [6.45, 7) is 0.570. The Labute approximate surface area is 147 Å². The molecule has 5 heteroatoms. The van der Waals surface area contributed by atoms with Crippen molar-refractivity contribution in [2.45, 2.75) is 30.9 Å². The maximum Gasteiger partial charge on any atom is 0.249 e. The monoisotopic (exact) mass is 338 g/mol. The summed E-state index contributed by atoms with van der Waals surface area (Å²) in [5.74, 6) is -1.20. The fraction of sp³-hybridized carbons (Fsp3) is 0.300. The minimum absolute atomic E-state index is 0.279. The Morgan fingerprint density at radius 3 is 2.00 bits per heavy atom. The molecule has 0 aliphatic carbocycles. The van der Waals surface area contributed by atoms with Gasteiger partial charge in [-0.15, -0.1) is 0 Å². The second kappa shape index (κ2) is 7.94. The van der Waals surface area contributed by atoms with E-state index in [9.17, 15) is 9.59 Å². The van der Waals surface area contributed by atoms with Crippen LogP contribution in [0.25, 0.3) is 0 Å². The van der Waals surface area contributed by atoms with Crippen LogP contribution in [0.1, 0.15) is 29.9 Å². The van der Waals surface area contributed by atoms with Crippen LogP contribution in [-0.4, -0.2) is 30.6 Å². The van der Waals surface area contributed by atoms with Crippen LogP contribution < -0.4 is 11.1 Å². The van der Waals surface area contributed by atoms with E-state index in [-0.39, 0.29) is 11.8 Å². The Morgan fingerprint density at radius 2 is 1.56 bits per heavy atom. The molecule has 2 amide bonds. The van der Waals surface area contributed by atoms with Crippen molar-refractivity contribution >= 4 is 11.8 Å². The highest BCUT2D eigenvalue weighted by molar-refractivity contribution is 5.89. The van der Waals surface area contributed by atoms with Gasteiger partial charge in [-0.25, -0.2) is 0 Å². The van der Waals surface area contributed by atoms with E-state index in [1.807, 2.05) is 60.7 Å². The van der Waals surface area contributed by atoms with Gasteiger partial charge in [0, 0.05) is 12.5 Å². The van der Waals surface area contributed by atoms with Gasteiger partial charge in [0.1, 0.15) is 12.1 Å². The van der Waals surface area contributed by atoms with Crippen LogP contribution >= 0.6 is 0 Å². The summed E-state index contributed by atoms with van der Waals surface area (Å²) in [5.41, 5.74) is 7.51. The summed E-state index contributed by atoms with van der Waals surface area (Å²) in [6.07, 6.45) is 1.01. The molecule has 3 N–H and O–H groups in total. The van der Waals surface area contributed by atoms with Gasteiger partial charge >= 0.3 is 0 Å². The van der Waals surface area contributed by atoms with Gasteiger partial charge in [0.25, 0.3) is 0 Å². The standard InChI is InChI=1S/C20H22N2O3/c21-19(23)18(22-20(24)16-12-7-13-25-16)17(14-8-3-1-4-9-14)15-10-5-2-6-11-15/h1-6,8-11,16-18H,7,12-13H2,(H2,21,23)(H,22,24)/t16-,18+/m0/s1. The first-order valence-electron chi connectivity index (χ1n) is 8.48. The first kappa shape index (κ1) is 17.2. The lowest BCUT2D eigenvalue weighted by molar-refractivity contribution is -0.134. The molecule has 5 nitrogen and oxygen atoms in total. The zero-order chi connectivity index (χ0) is 17.6. The zero-order valence-electron chi connectivity index (χ0n) is 13.9. The number of carbonyl (C=O) groups is 2. The third-order valence-corrected chi connectivity index (χ3v) is 4.48. The van der Waals surface area contributed by atoms with E-state index in [0.29, 0.717) is 13.0 Å². The number of primary amides is 1. The van der Waals surface area contributed by atoms with Crippen LogP contribution in [-0.2, 0) is 14.3 Å². The average molecular weight is 338 g/mol. The van der Waals surface area contributed by atoms with Crippen LogP contribution in [0.4, 0.5) is 0 Å². The van der Waals surface area contributed by atoms with Gasteiger partial charge in [0.15, 0.2) is 0 Å². The molecular weight excluding hydrogens is 316 g/mol. The lowest BCUT2D eigenvalue weighted by Crippen LogP contribution is -2.51. The van der Waals surface area contributed by atoms with Gasteiger partial charge in [-0.2, -0.15) is 0 Å². The first-order chi connectivity index (χ1) is 12.2. The number of benzene rings is 2. The van der Waals surface area contributed by atoms with Gasteiger partial charge in [0.2, 0.25) is 11.8 Å². The Hall–Kier alpha value is -2.66. The molecule has 0 bridgehead atoms. The molecule has 3 rings (SSSR count). The molecule has 2 atom stereocenters. The fourth-order valence-electron chi connectivity index (χ4n) is 3.25. The number of ether oxygens (including phenoxy) is 1. The number of hydrogen-bond donors (Lipinski definition) is 2. The summed E-state index contributed by atoms with van der Waals surface area (Å²) in [4.78, 5) is 24.7. The molecule has 1 aliphatic heterocycles. The molecule has 1 heterocycles. The smallest absolute Gasteiger partial charge is 0.249 e. The second-order valence-electron chi connectivity index (χ2n) is 6.19. The third kappa shape index (κ3) is 4.06. The summed E-state index contributed by atoms with van der Waals surface area (Å²) in [5, 5.41) is 2.82. The van der Waals surface area contributed by atoms with Gasteiger partial charge in [-0.3, -0.25) is 9.59 Å². The van der Waals surface area contributed by atoms with Crippen molar-refractivity contribution in [3.8, 4) is 0 Å². The molecule has 25 heavy (non-hydrogen) atoms. The molecule has 1 fully saturated rings. The maximum absolute atomic E-state index is 12.5. The Balaban J connectivity index is 1.93. The molecule has 0 radical (unpaired) electrons. The van der Waals surface area contributed by atoms with Crippen LogP contribution in [0, 0.1) is 0 Å². The van der Waals surface area contributed by atoms with E-state index in [1.165, 1.54) is 0 Å². The molecule has 1 saturated heterocycles. The maximum atomic E-state index is 12.5. The predicted octanol–water partition coefficient (Wildman–Crippen LogP) is 1.97. The molecule has 0 unspecified atom stereocenters. The minimum atomic E-state index is -0.846. The lowest BCUT2D eigenvalue weighted by Gasteiger charge is -2.27. The topological polar surface area (TPSA) is 81.4 Å². The van der Waals surface area contributed by atoms with Crippen molar-refractivity contribution in [2.75, 3.05) is 6.61 Å². The number of amides is 2. The zero-order valence-corrected chi connectivity index (χ0v) is 13.9. The number of nitrogens with two attached hydrogens (primary N) is 1. The van der Waals surface area contributed by atoms with E-state index >= 15 is 0 Å². The summed E-state index contributed by atoms with van der Waals surface area (Å²) >= 11 is 0. The number of nitrogens with one attached hydrogen (secondary N) is 1. The lowest BCUT2D eigenvalue weighted by atomic mass is 9.84. The highest BCUT2D eigenvalue weighted by atomic mass is 16.5. The van der Waals surface area contributed by atoms with Crippen molar-refractivity contribution in [3.63, 3.8) is 0 Å². The Morgan fingerprint density at radius 1 is 1.00 bits per heavy atom. The van der Waals surface area contributed by atoms with E-state index < -0.39 is 18.1 Å². The molecule has 130 valence electrons. The van der Waals surface area contributed by atoms with E-state index in [0.717, 1.165) is 17.5 Å². The third-order valence-electron chi connectivity index (χ3n) is 4.48. The van der Waals surface area contributed by atoms with Crippen molar-refractivity contribution < 1.29 is 14.3 Å². The van der Waals surface area contributed by atoms with Gasteiger partial charge in [0.05, 0.1) is 0 Å². The van der Waals surface area contributed by atoms with Crippen molar-refractivity contribution in [1.29, 1.82) is 0 Å². The molecule has 0 spiro atoms. The first-order valence-corrected chi connectivity index (χ1v) is 8.48. The minimum Gasteiger partial charge on any atom is -0.368 e. The SMILES string of the molecule is NC(=O)[C@H](NC(=O)[C@@H]1CCCO1)C(c1ccccc1)c1ccccc1. The van der Waals surface area contributed by atoms with Crippen molar-refractivity contribution in [1.82, 2.24) is 5.32 Å². The van der Waals surface area contributed by atoms with Crippen molar-refractivity contribution in [3.05, 3.63) is 71.8 Å². The van der Waals surface area contributed by atoms with Gasteiger partial charge in [-0.1, -0.05) is 60.7 Å². The highest BCUT2D eigenvalue weighted by Gasteiger charge is 2.33. The predicted molar refractivity (Wildman–Crippen MR) is 94.8 cm³/mol. The van der Waals surface area contributed by atoms with Crippen LogP contribution in [0.5, 0.6) is 0 Å². The van der Waals surface area contributed by atoms with Crippen LogP contribution in [0.3, 0.4) is 0 Å². The van der Waals surface area contributed by atoms with Gasteiger partial charge in [-0.05, 0) is 24.0 Å². The van der Waals surface area contributed by atoms with E-state index in [1.54, 1.807) is 0 Å². The van der Waals surface area contributed by atoms with E-state index in [2.05, 4.69) is 5.32 Å². The molecule has 2 aromatic rings.